The first kappa shape index (κ1) is 16.3. The van der Waals surface area contributed by atoms with Crippen molar-refractivity contribution in [2.75, 3.05) is 16.8 Å². The van der Waals surface area contributed by atoms with E-state index in [1.54, 1.807) is 6.92 Å². The van der Waals surface area contributed by atoms with Crippen molar-refractivity contribution in [3.8, 4) is 0 Å². The molecule has 2 aromatic rings. The number of aromatic nitrogens is 1. The number of rotatable bonds is 5. The Morgan fingerprint density at radius 2 is 2.00 bits per heavy atom. The molecule has 2 rings (SSSR count). The lowest BCUT2D eigenvalue weighted by Gasteiger charge is -2.15. The minimum absolute atomic E-state index is 0.00302. The molecule has 1 heterocycles. The fourth-order valence-corrected chi connectivity index (χ4v) is 4.37. The first-order chi connectivity index (χ1) is 9.85. The molecular formula is C13H16BrN3O2S2. The largest absolute Gasteiger partial charge is 0.382 e. The van der Waals surface area contributed by atoms with Gasteiger partial charge in [-0.2, -0.15) is 4.37 Å². The summed E-state index contributed by atoms with van der Waals surface area (Å²) in [4.78, 5) is 0.110. The number of nitrogens with two attached hydrogens (primary N) is 1. The van der Waals surface area contributed by atoms with Crippen molar-refractivity contribution < 1.29 is 8.42 Å². The number of nitrogens with zero attached hydrogens (tertiary/aromatic N) is 1. The first-order valence-electron chi connectivity index (χ1n) is 6.35. The second kappa shape index (κ2) is 6.33. The number of nitrogen functional groups attached to an aromatic ring is 1. The molecule has 1 aromatic heterocycles. The van der Waals surface area contributed by atoms with Crippen LogP contribution in [0.4, 0.5) is 10.8 Å². The summed E-state index contributed by atoms with van der Waals surface area (Å²) in [7, 11) is -3.40. The molecule has 0 aliphatic rings. The molecule has 0 spiro atoms. The molecule has 0 aliphatic carbocycles. The van der Waals surface area contributed by atoms with Crippen LogP contribution in [0.25, 0.3) is 0 Å². The van der Waals surface area contributed by atoms with E-state index < -0.39 is 9.84 Å². The standard InChI is InChI=1S/C13H16BrN3O2S2/c1-3-21(18,19)11-12(15)17-20-13(11)16-8(2)9-4-6-10(14)7-5-9/h4-8,16H,3H2,1-2H3,(H2,15,17). The monoisotopic (exact) mass is 389 g/mol. The first-order valence-corrected chi connectivity index (χ1v) is 9.57. The lowest BCUT2D eigenvalue weighted by atomic mass is 10.1. The summed E-state index contributed by atoms with van der Waals surface area (Å²) in [5.41, 5.74) is 6.76. The van der Waals surface area contributed by atoms with E-state index in [0.29, 0.717) is 5.00 Å². The highest BCUT2D eigenvalue weighted by molar-refractivity contribution is 9.10. The van der Waals surface area contributed by atoms with Gasteiger partial charge >= 0.3 is 0 Å². The SMILES string of the molecule is CCS(=O)(=O)c1c(N)nsc1NC(C)c1ccc(Br)cc1. The summed E-state index contributed by atoms with van der Waals surface area (Å²) in [6.07, 6.45) is 0. The minimum Gasteiger partial charge on any atom is -0.382 e. The van der Waals surface area contributed by atoms with Crippen molar-refractivity contribution in [1.82, 2.24) is 4.37 Å². The highest BCUT2D eigenvalue weighted by Crippen LogP contribution is 2.34. The average Bonchev–Trinajstić information content (AvgIpc) is 2.81. The number of hydrogen-bond donors (Lipinski definition) is 2. The number of sulfone groups is 1. The lowest BCUT2D eigenvalue weighted by molar-refractivity contribution is 0.598. The Morgan fingerprint density at radius 1 is 1.38 bits per heavy atom. The van der Waals surface area contributed by atoms with E-state index >= 15 is 0 Å². The molecule has 0 bridgehead atoms. The van der Waals surface area contributed by atoms with E-state index in [1.807, 2.05) is 31.2 Å². The van der Waals surface area contributed by atoms with Crippen LogP contribution in [0.1, 0.15) is 25.5 Å². The van der Waals surface area contributed by atoms with E-state index in [0.717, 1.165) is 21.6 Å². The van der Waals surface area contributed by atoms with Crippen LogP contribution in [0.15, 0.2) is 33.6 Å². The average molecular weight is 390 g/mol. The zero-order chi connectivity index (χ0) is 15.6. The van der Waals surface area contributed by atoms with Crippen LogP contribution in [-0.2, 0) is 9.84 Å². The van der Waals surface area contributed by atoms with E-state index in [4.69, 9.17) is 5.73 Å². The van der Waals surface area contributed by atoms with Gasteiger partial charge in [-0.1, -0.05) is 35.0 Å². The number of anilines is 2. The number of nitrogens with one attached hydrogen (secondary N) is 1. The molecule has 0 aliphatic heterocycles. The predicted molar refractivity (Wildman–Crippen MR) is 90.4 cm³/mol. The van der Waals surface area contributed by atoms with Crippen LogP contribution in [0.2, 0.25) is 0 Å². The smallest absolute Gasteiger partial charge is 0.184 e. The van der Waals surface area contributed by atoms with Crippen molar-refractivity contribution in [2.24, 2.45) is 0 Å². The van der Waals surface area contributed by atoms with Gasteiger partial charge in [0.05, 0.1) is 5.75 Å². The van der Waals surface area contributed by atoms with E-state index in [9.17, 15) is 8.42 Å². The fraction of sp³-hybridized carbons (Fsp3) is 0.308. The molecule has 1 unspecified atom stereocenters. The number of halogens is 1. The van der Waals surface area contributed by atoms with Crippen LogP contribution in [0.3, 0.4) is 0 Å². The van der Waals surface area contributed by atoms with Gasteiger partial charge in [0.25, 0.3) is 0 Å². The lowest BCUT2D eigenvalue weighted by Crippen LogP contribution is -2.11. The number of hydrogen-bond acceptors (Lipinski definition) is 6. The van der Waals surface area contributed by atoms with Gasteiger partial charge in [0.2, 0.25) is 0 Å². The highest BCUT2D eigenvalue weighted by Gasteiger charge is 2.24. The van der Waals surface area contributed by atoms with Gasteiger partial charge in [-0.3, -0.25) is 0 Å². The molecule has 0 radical (unpaired) electrons. The van der Waals surface area contributed by atoms with Crippen molar-refractivity contribution >= 4 is 48.1 Å². The van der Waals surface area contributed by atoms with Crippen molar-refractivity contribution in [3.05, 3.63) is 34.3 Å². The van der Waals surface area contributed by atoms with Crippen LogP contribution >= 0.6 is 27.5 Å². The van der Waals surface area contributed by atoms with Crippen LogP contribution in [0.5, 0.6) is 0 Å². The molecule has 0 amide bonds. The van der Waals surface area contributed by atoms with E-state index in [2.05, 4.69) is 25.6 Å². The molecule has 114 valence electrons. The van der Waals surface area contributed by atoms with Crippen molar-refractivity contribution in [3.63, 3.8) is 0 Å². The van der Waals surface area contributed by atoms with Crippen molar-refractivity contribution in [2.45, 2.75) is 24.8 Å². The molecule has 1 atom stereocenters. The summed E-state index contributed by atoms with van der Waals surface area (Å²) in [5, 5.41) is 3.68. The van der Waals surface area contributed by atoms with E-state index in [1.165, 1.54) is 0 Å². The Labute approximate surface area is 136 Å². The summed E-state index contributed by atoms with van der Waals surface area (Å²) < 4.78 is 29.2. The topological polar surface area (TPSA) is 85.1 Å². The summed E-state index contributed by atoms with van der Waals surface area (Å²) >= 11 is 4.46. The Hall–Kier alpha value is -1.12. The second-order valence-electron chi connectivity index (χ2n) is 4.55. The molecule has 5 nitrogen and oxygen atoms in total. The Balaban J connectivity index is 2.30. The third-order valence-corrected chi connectivity index (χ3v) is 6.33. The van der Waals surface area contributed by atoms with Crippen LogP contribution in [0, 0.1) is 0 Å². The maximum Gasteiger partial charge on any atom is 0.184 e. The maximum absolute atomic E-state index is 12.1. The zero-order valence-electron chi connectivity index (χ0n) is 11.6. The van der Waals surface area contributed by atoms with E-state index in [-0.39, 0.29) is 22.5 Å². The fourth-order valence-electron chi connectivity index (χ4n) is 1.86. The van der Waals surface area contributed by atoms with Gasteiger partial charge in [-0.05, 0) is 36.2 Å². The summed E-state index contributed by atoms with van der Waals surface area (Å²) in [6, 6.07) is 7.78. The quantitative estimate of drug-likeness (QED) is 0.817. The van der Waals surface area contributed by atoms with Crippen molar-refractivity contribution in [1.29, 1.82) is 0 Å². The molecule has 0 fully saturated rings. The summed E-state index contributed by atoms with van der Waals surface area (Å²) in [6.45, 7) is 3.55. The Kier molecular flexibility index (Phi) is 4.90. The van der Waals surface area contributed by atoms with Gasteiger partial charge in [-0.25, -0.2) is 8.42 Å². The van der Waals surface area contributed by atoms with Crippen LogP contribution < -0.4 is 11.1 Å². The molecule has 21 heavy (non-hydrogen) atoms. The van der Waals surface area contributed by atoms with Gasteiger partial charge in [0, 0.05) is 10.5 Å². The minimum atomic E-state index is -3.40. The van der Waals surface area contributed by atoms with Crippen LogP contribution in [-0.4, -0.2) is 18.5 Å². The normalized spacial score (nSPS) is 13.1. The third kappa shape index (κ3) is 3.56. The Bertz CT molecular complexity index is 726. The molecule has 1 aromatic carbocycles. The summed E-state index contributed by atoms with van der Waals surface area (Å²) in [5.74, 6) is 0.0593. The number of benzene rings is 1. The van der Waals surface area contributed by atoms with Gasteiger partial charge < -0.3 is 11.1 Å². The maximum atomic E-state index is 12.1. The van der Waals surface area contributed by atoms with Gasteiger partial charge in [-0.15, -0.1) is 0 Å². The second-order valence-corrected chi connectivity index (χ2v) is 8.45. The predicted octanol–water partition coefficient (Wildman–Crippen LogP) is 3.45. The van der Waals surface area contributed by atoms with Gasteiger partial charge in [0.1, 0.15) is 9.90 Å². The molecule has 8 heteroatoms. The third-order valence-electron chi connectivity index (χ3n) is 3.08. The molecule has 0 saturated heterocycles. The molecule has 0 saturated carbocycles. The zero-order valence-corrected chi connectivity index (χ0v) is 14.8. The highest BCUT2D eigenvalue weighted by atomic mass is 79.9. The molecular weight excluding hydrogens is 374 g/mol. The van der Waals surface area contributed by atoms with Gasteiger partial charge in [0.15, 0.2) is 15.7 Å². The Morgan fingerprint density at radius 3 is 2.57 bits per heavy atom. The molecule has 3 N–H and O–H groups in total.